The third kappa shape index (κ3) is 4.74. The van der Waals surface area contributed by atoms with Gasteiger partial charge in [0.25, 0.3) is 0 Å². The van der Waals surface area contributed by atoms with Crippen LogP contribution >= 0.6 is 0 Å². The molecule has 0 unspecified atom stereocenters. The zero-order chi connectivity index (χ0) is 21.2. The summed E-state index contributed by atoms with van der Waals surface area (Å²) in [5.74, 6) is 0. The first-order chi connectivity index (χ1) is 14.4. The Morgan fingerprint density at radius 2 is 1.17 bits per heavy atom. The molecule has 0 bridgehead atoms. The molecule has 0 heterocycles. The molecule has 151 valence electrons. The molecule has 0 amide bonds. The van der Waals surface area contributed by atoms with Crippen molar-refractivity contribution in [3.8, 4) is 11.1 Å². The SMILES string of the molecule is C=O.C=O.C=O.[Mn].c1ccc2cc(-c3cccc4c3[cH-]c3ccccc34)ccc2c1. The van der Waals surface area contributed by atoms with Crippen LogP contribution in [-0.4, -0.2) is 20.4 Å². The summed E-state index contributed by atoms with van der Waals surface area (Å²) < 4.78 is 0. The number of hydrogen-bond donors (Lipinski definition) is 0. The number of benzene rings is 4. The monoisotopic (exact) mass is 436 g/mol. The molecule has 3 nitrogen and oxygen atoms in total. The maximum absolute atomic E-state index is 8.00. The van der Waals surface area contributed by atoms with Crippen LogP contribution in [0.15, 0.2) is 91.0 Å². The van der Waals surface area contributed by atoms with Crippen LogP contribution in [0.3, 0.4) is 0 Å². The largest absolute Gasteiger partial charge is 0.307 e. The minimum atomic E-state index is 0. The van der Waals surface area contributed by atoms with E-state index in [9.17, 15) is 0 Å². The molecule has 0 fully saturated rings. The van der Waals surface area contributed by atoms with Gasteiger partial charge in [-0.15, -0.1) is 33.7 Å². The van der Waals surface area contributed by atoms with Crippen molar-refractivity contribution in [1.29, 1.82) is 0 Å². The Hall–Kier alpha value is -3.46. The van der Waals surface area contributed by atoms with Crippen LogP contribution in [0, 0.1) is 0 Å². The first-order valence-electron chi connectivity index (χ1n) is 8.83. The summed E-state index contributed by atoms with van der Waals surface area (Å²) in [6.45, 7) is 6.00. The Morgan fingerprint density at radius 3 is 1.90 bits per heavy atom. The second-order valence-electron chi connectivity index (χ2n) is 6.06. The quantitative estimate of drug-likeness (QED) is 0.240. The van der Waals surface area contributed by atoms with Crippen LogP contribution in [0.25, 0.3) is 43.4 Å². The molecule has 0 spiro atoms. The summed E-state index contributed by atoms with van der Waals surface area (Å²) in [7, 11) is 0. The van der Waals surface area contributed by atoms with Gasteiger partial charge >= 0.3 is 0 Å². The topological polar surface area (TPSA) is 51.2 Å². The second kappa shape index (κ2) is 12.2. The third-order valence-electron chi connectivity index (χ3n) is 4.72. The van der Waals surface area contributed by atoms with Gasteiger partial charge in [-0.1, -0.05) is 90.0 Å². The number of hydrogen-bond acceptors (Lipinski definition) is 3. The van der Waals surface area contributed by atoms with Crippen LogP contribution in [-0.2, 0) is 31.5 Å². The molecule has 4 heteroatoms. The summed E-state index contributed by atoms with van der Waals surface area (Å²) in [5, 5.41) is 7.91. The van der Waals surface area contributed by atoms with Crippen LogP contribution in [0.5, 0.6) is 0 Å². The smallest absolute Gasteiger partial charge is 0.106 e. The Bertz CT molecular complexity index is 1220. The van der Waals surface area contributed by atoms with E-state index in [1.54, 1.807) is 0 Å². The van der Waals surface area contributed by atoms with E-state index in [0.717, 1.165) is 0 Å². The van der Waals surface area contributed by atoms with E-state index >= 15 is 0 Å². The number of rotatable bonds is 1. The fraction of sp³-hybridized carbons (Fsp3) is 0. The zero-order valence-electron chi connectivity index (χ0n) is 16.4. The van der Waals surface area contributed by atoms with Crippen molar-refractivity contribution < 1.29 is 31.5 Å². The van der Waals surface area contributed by atoms with Crippen molar-refractivity contribution in [3.05, 3.63) is 91.0 Å². The molecule has 0 aliphatic heterocycles. The van der Waals surface area contributed by atoms with Crippen molar-refractivity contribution in [1.82, 2.24) is 0 Å². The van der Waals surface area contributed by atoms with Crippen LogP contribution in [0.2, 0.25) is 0 Å². The molecule has 5 aromatic rings. The Morgan fingerprint density at radius 1 is 0.567 bits per heavy atom. The van der Waals surface area contributed by atoms with Gasteiger partial charge in [0.05, 0.1) is 0 Å². The average molecular weight is 436 g/mol. The van der Waals surface area contributed by atoms with E-state index in [1.165, 1.54) is 43.4 Å². The van der Waals surface area contributed by atoms with Crippen molar-refractivity contribution in [2.75, 3.05) is 0 Å². The van der Waals surface area contributed by atoms with Crippen LogP contribution in [0.4, 0.5) is 0 Å². The fourth-order valence-electron chi connectivity index (χ4n) is 3.59. The minimum Gasteiger partial charge on any atom is -0.307 e. The summed E-state index contributed by atoms with van der Waals surface area (Å²) in [4.78, 5) is 24.0. The zero-order valence-corrected chi connectivity index (χ0v) is 17.6. The van der Waals surface area contributed by atoms with Gasteiger partial charge in [0.15, 0.2) is 0 Å². The Kier molecular flexibility index (Phi) is 9.98. The maximum atomic E-state index is 8.00. The Labute approximate surface area is 186 Å². The van der Waals surface area contributed by atoms with Gasteiger partial charge < -0.3 is 14.4 Å². The van der Waals surface area contributed by atoms with Crippen molar-refractivity contribution >= 4 is 52.7 Å². The predicted molar refractivity (Wildman–Crippen MR) is 121 cm³/mol. The van der Waals surface area contributed by atoms with E-state index in [4.69, 9.17) is 14.4 Å². The van der Waals surface area contributed by atoms with Crippen LogP contribution in [0.1, 0.15) is 0 Å². The second-order valence-corrected chi connectivity index (χ2v) is 6.06. The molecule has 5 aromatic carbocycles. The van der Waals surface area contributed by atoms with Crippen molar-refractivity contribution in [3.63, 3.8) is 0 Å². The molecule has 0 saturated carbocycles. The van der Waals surface area contributed by atoms with Gasteiger partial charge in [0, 0.05) is 17.1 Å². The number of carbonyl (C=O) groups is 3. The molecule has 0 N–H and O–H groups in total. The van der Waals surface area contributed by atoms with Gasteiger partial charge in [0.2, 0.25) is 0 Å². The van der Waals surface area contributed by atoms with Crippen LogP contribution < -0.4 is 0 Å². The van der Waals surface area contributed by atoms with Gasteiger partial charge in [-0.2, -0.15) is 0 Å². The molecule has 0 aliphatic rings. The van der Waals surface area contributed by atoms with E-state index in [0.29, 0.717) is 0 Å². The molecule has 1 radical (unpaired) electrons. The number of carbonyl (C=O) groups excluding carboxylic acids is 3. The predicted octanol–water partition coefficient (Wildman–Crippen LogP) is 5.97. The minimum absolute atomic E-state index is 0. The summed E-state index contributed by atoms with van der Waals surface area (Å²) in [5.41, 5.74) is 2.59. The van der Waals surface area contributed by atoms with E-state index in [2.05, 4.69) is 91.0 Å². The van der Waals surface area contributed by atoms with Gasteiger partial charge in [-0.05, 0) is 10.8 Å². The standard InChI is InChI=1S/C23H15.3CH2O.Mn/c1-2-7-17-14-19(13-12-16(17)6-1)21-10-5-11-22-20-9-4-3-8-18(20)15-23(21)22;3*1-2;/h1-15H;3*1H2;/q-1;;;;. The first kappa shape index (κ1) is 24.6. The normalized spacial score (nSPS) is 9.20. The molecule has 0 aromatic heterocycles. The average Bonchev–Trinajstić information content (AvgIpc) is 3.21. The van der Waals surface area contributed by atoms with E-state index < -0.39 is 0 Å². The van der Waals surface area contributed by atoms with Crippen molar-refractivity contribution in [2.24, 2.45) is 0 Å². The molecule has 5 rings (SSSR count). The fourth-order valence-corrected chi connectivity index (χ4v) is 3.59. The van der Waals surface area contributed by atoms with Gasteiger partial charge in [-0.25, -0.2) is 0 Å². The summed E-state index contributed by atoms with van der Waals surface area (Å²) >= 11 is 0. The van der Waals surface area contributed by atoms with Gasteiger partial charge in [-0.3, -0.25) is 0 Å². The van der Waals surface area contributed by atoms with E-state index in [-0.39, 0.29) is 17.1 Å². The molecule has 30 heavy (non-hydrogen) atoms. The molecule has 0 aliphatic carbocycles. The maximum Gasteiger partial charge on any atom is 0.106 e. The molecular formula is C26H21MnO3-. The van der Waals surface area contributed by atoms with Crippen molar-refractivity contribution in [2.45, 2.75) is 0 Å². The Balaban J connectivity index is 0.000000595. The number of fused-ring (bicyclic) bond motifs is 4. The first-order valence-corrected chi connectivity index (χ1v) is 8.83. The summed E-state index contributed by atoms with van der Waals surface area (Å²) in [6.07, 6.45) is 0. The summed E-state index contributed by atoms with van der Waals surface area (Å²) in [6, 6.07) is 32.8. The molecule has 0 atom stereocenters. The van der Waals surface area contributed by atoms with E-state index in [1.807, 2.05) is 20.4 Å². The molecular weight excluding hydrogens is 415 g/mol. The molecule has 0 saturated heterocycles. The third-order valence-corrected chi connectivity index (χ3v) is 4.72. The van der Waals surface area contributed by atoms with Gasteiger partial charge in [0.1, 0.15) is 20.4 Å².